The molecular weight excluding hydrogens is 326 g/mol. The summed E-state index contributed by atoms with van der Waals surface area (Å²) >= 11 is 3.42. The molecule has 0 unspecified atom stereocenters. The molecule has 0 aliphatic rings. The van der Waals surface area contributed by atoms with Crippen molar-refractivity contribution in [3.05, 3.63) is 29.3 Å². The number of hydrogen-bond donors (Lipinski definition) is 1. The fourth-order valence-electron chi connectivity index (χ4n) is 1.95. The highest BCUT2D eigenvalue weighted by atomic mass is 79.9. The van der Waals surface area contributed by atoms with E-state index in [0.717, 1.165) is 24.0 Å². The van der Waals surface area contributed by atoms with Gasteiger partial charge in [-0.1, -0.05) is 41.9 Å². The van der Waals surface area contributed by atoms with E-state index in [1.807, 2.05) is 39.8 Å². The standard InChI is InChI=1S/C14H22BrNO2S/c1-5-14(6-2,10-15)16-19(17,18)13-9-11(3)7-8-12(13)4/h7-9,16H,5-6,10H2,1-4H3. The Kier molecular flexibility index (Phi) is 5.59. The summed E-state index contributed by atoms with van der Waals surface area (Å²) in [7, 11) is -3.49. The summed E-state index contributed by atoms with van der Waals surface area (Å²) in [5.74, 6) is 0. The summed E-state index contributed by atoms with van der Waals surface area (Å²) in [6, 6.07) is 5.49. The topological polar surface area (TPSA) is 46.2 Å². The third-order valence-corrected chi connectivity index (χ3v) is 6.39. The lowest BCUT2D eigenvalue weighted by Gasteiger charge is -2.30. The Hall–Kier alpha value is -0.390. The monoisotopic (exact) mass is 347 g/mol. The van der Waals surface area contributed by atoms with E-state index in [1.54, 1.807) is 6.07 Å². The zero-order valence-electron chi connectivity index (χ0n) is 12.0. The highest BCUT2D eigenvalue weighted by Crippen LogP contribution is 2.24. The summed E-state index contributed by atoms with van der Waals surface area (Å²) in [6.45, 7) is 7.71. The van der Waals surface area contributed by atoms with Gasteiger partial charge in [0.1, 0.15) is 0 Å². The predicted molar refractivity (Wildman–Crippen MR) is 83.3 cm³/mol. The zero-order chi connectivity index (χ0) is 14.7. The minimum absolute atomic E-state index is 0.375. The van der Waals surface area contributed by atoms with Crippen LogP contribution in [0.3, 0.4) is 0 Å². The van der Waals surface area contributed by atoms with Crippen LogP contribution < -0.4 is 4.72 Å². The molecule has 0 aliphatic carbocycles. The summed E-state index contributed by atoms with van der Waals surface area (Å²) in [6.07, 6.45) is 1.50. The Morgan fingerprint density at radius 3 is 2.26 bits per heavy atom. The van der Waals surface area contributed by atoms with Gasteiger partial charge in [-0.2, -0.15) is 0 Å². The molecule has 0 radical (unpaired) electrons. The molecule has 3 nitrogen and oxygen atoms in total. The number of nitrogens with one attached hydrogen (secondary N) is 1. The maximum Gasteiger partial charge on any atom is 0.241 e. The average Bonchev–Trinajstić information content (AvgIpc) is 2.39. The maximum atomic E-state index is 12.6. The van der Waals surface area contributed by atoms with Crippen LogP contribution in [0, 0.1) is 13.8 Å². The molecule has 108 valence electrons. The molecule has 0 fully saturated rings. The Morgan fingerprint density at radius 1 is 1.21 bits per heavy atom. The van der Waals surface area contributed by atoms with Gasteiger partial charge in [-0.05, 0) is 43.9 Å². The van der Waals surface area contributed by atoms with Gasteiger partial charge in [0, 0.05) is 10.9 Å². The smallest absolute Gasteiger partial charge is 0.207 e. The minimum Gasteiger partial charge on any atom is -0.207 e. The van der Waals surface area contributed by atoms with Crippen LogP contribution in [-0.4, -0.2) is 19.3 Å². The van der Waals surface area contributed by atoms with Gasteiger partial charge in [-0.15, -0.1) is 0 Å². The molecule has 0 saturated heterocycles. The molecule has 1 aromatic carbocycles. The molecule has 0 aliphatic heterocycles. The quantitative estimate of drug-likeness (QED) is 0.800. The van der Waals surface area contributed by atoms with Gasteiger partial charge >= 0.3 is 0 Å². The van der Waals surface area contributed by atoms with E-state index in [1.165, 1.54) is 0 Å². The number of hydrogen-bond acceptors (Lipinski definition) is 2. The molecule has 1 rings (SSSR count). The molecule has 0 aromatic heterocycles. The van der Waals surface area contributed by atoms with Crippen LogP contribution in [0.25, 0.3) is 0 Å². The highest BCUT2D eigenvalue weighted by molar-refractivity contribution is 9.09. The Morgan fingerprint density at radius 2 is 1.79 bits per heavy atom. The van der Waals surface area contributed by atoms with Crippen LogP contribution in [0.2, 0.25) is 0 Å². The van der Waals surface area contributed by atoms with Gasteiger partial charge in [-0.25, -0.2) is 13.1 Å². The molecule has 0 heterocycles. The summed E-state index contributed by atoms with van der Waals surface area (Å²) in [5.41, 5.74) is 1.30. The van der Waals surface area contributed by atoms with Crippen molar-refractivity contribution in [2.24, 2.45) is 0 Å². The van der Waals surface area contributed by atoms with E-state index >= 15 is 0 Å². The lowest BCUT2D eigenvalue weighted by Crippen LogP contribution is -2.49. The van der Waals surface area contributed by atoms with E-state index < -0.39 is 15.6 Å². The minimum atomic E-state index is -3.49. The van der Waals surface area contributed by atoms with Gasteiger partial charge in [0.25, 0.3) is 0 Å². The van der Waals surface area contributed by atoms with Gasteiger partial charge in [0.2, 0.25) is 10.0 Å². The highest BCUT2D eigenvalue weighted by Gasteiger charge is 2.31. The SMILES string of the molecule is CCC(CC)(CBr)NS(=O)(=O)c1cc(C)ccc1C. The van der Waals surface area contributed by atoms with E-state index in [2.05, 4.69) is 20.7 Å². The number of halogens is 1. The van der Waals surface area contributed by atoms with Gasteiger partial charge in [0.15, 0.2) is 0 Å². The molecule has 0 bridgehead atoms. The number of benzene rings is 1. The fraction of sp³-hybridized carbons (Fsp3) is 0.571. The zero-order valence-corrected chi connectivity index (χ0v) is 14.4. The van der Waals surface area contributed by atoms with Crippen LogP contribution in [0.1, 0.15) is 37.8 Å². The fourth-order valence-corrected chi connectivity index (χ4v) is 4.94. The van der Waals surface area contributed by atoms with Crippen molar-refractivity contribution in [3.8, 4) is 0 Å². The summed E-state index contributed by atoms with van der Waals surface area (Å²) in [4.78, 5) is 0.375. The van der Waals surface area contributed by atoms with Crippen molar-refractivity contribution >= 4 is 26.0 Å². The molecule has 0 atom stereocenters. The predicted octanol–water partition coefficient (Wildman–Crippen LogP) is 3.54. The van der Waals surface area contributed by atoms with Gasteiger partial charge in [-0.3, -0.25) is 0 Å². The summed E-state index contributed by atoms with van der Waals surface area (Å²) in [5, 5.41) is 0.608. The molecule has 0 spiro atoms. The molecular formula is C14H22BrNO2S. The number of sulfonamides is 1. The molecule has 5 heteroatoms. The third-order valence-electron chi connectivity index (χ3n) is 3.59. The first-order valence-electron chi connectivity index (χ1n) is 6.47. The maximum absolute atomic E-state index is 12.6. The van der Waals surface area contributed by atoms with Crippen LogP contribution >= 0.6 is 15.9 Å². The van der Waals surface area contributed by atoms with E-state index in [0.29, 0.717) is 10.2 Å². The van der Waals surface area contributed by atoms with Gasteiger partial charge in [0.05, 0.1) is 4.90 Å². The van der Waals surface area contributed by atoms with E-state index in [-0.39, 0.29) is 0 Å². The molecule has 0 amide bonds. The molecule has 19 heavy (non-hydrogen) atoms. The van der Waals surface area contributed by atoms with E-state index in [4.69, 9.17) is 0 Å². The van der Waals surface area contributed by atoms with Crippen molar-refractivity contribution in [3.63, 3.8) is 0 Å². The Labute approximate surface area is 125 Å². The number of alkyl halides is 1. The second-order valence-corrected chi connectivity index (χ2v) is 7.21. The number of aryl methyl sites for hydroxylation is 2. The molecule has 1 N–H and O–H groups in total. The van der Waals surface area contributed by atoms with Crippen LogP contribution in [0.4, 0.5) is 0 Å². The third kappa shape index (κ3) is 3.80. The lowest BCUT2D eigenvalue weighted by molar-refractivity contribution is 0.398. The molecule has 1 aromatic rings. The van der Waals surface area contributed by atoms with Crippen molar-refractivity contribution in [1.82, 2.24) is 4.72 Å². The van der Waals surface area contributed by atoms with Crippen molar-refractivity contribution in [2.45, 2.75) is 51.0 Å². The second kappa shape index (κ2) is 6.37. The first-order chi connectivity index (χ1) is 8.80. The normalized spacial score (nSPS) is 12.7. The van der Waals surface area contributed by atoms with Crippen LogP contribution in [0.15, 0.2) is 23.1 Å². The Balaban J connectivity index is 3.21. The first kappa shape index (κ1) is 16.7. The summed E-state index contributed by atoms with van der Waals surface area (Å²) < 4.78 is 28.0. The molecule has 0 saturated carbocycles. The van der Waals surface area contributed by atoms with Crippen molar-refractivity contribution in [1.29, 1.82) is 0 Å². The van der Waals surface area contributed by atoms with Crippen LogP contribution in [0.5, 0.6) is 0 Å². The average molecular weight is 348 g/mol. The second-order valence-electron chi connectivity index (χ2n) is 5.00. The lowest BCUT2D eigenvalue weighted by atomic mass is 9.97. The van der Waals surface area contributed by atoms with E-state index in [9.17, 15) is 8.42 Å². The first-order valence-corrected chi connectivity index (χ1v) is 9.08. The Bertz CT molecular complexity index is 528. The van der Waals surface area contributed by atoms with Crippen molar-refractivity contribution in [2.75, 3.05) is 5.33 Å². The number of rotatable bonds is 6. The van der Waals surface area contributed by atoms with Crippen molar-refractivity contribution < 1.29 is 8.42 Å². The largest absolute Gasteiger partial charge is 0.241 e. The van der Waals surface area contributed by atoms with Gasteiger partial charge < -0.3 is 0 Å². The van der Waals surface area contributed by atoms with Crippen LogP contribution in [-0.2, 0) is 10.0 Å².